The predicted octanol–water partition coefficient (Wildman–Crippen LogP) is -0.0389. The first kappa shape index (κ1) is 16.7. The van der Waals surface area contributed by atoms with Crippen LogP contribution in [-0.2, 0) is 19.4 Å². The second-order valence-electron chi connectivity index (χ2n) is 6.90. The van der Waals surface area contributed by atoms with Gasteiger partial charge in [-0.2, -0.15) is 0 Å². The van der Waals surface area contributed by atoms with Gasteiger partial charge in [-0.15, -0.1) is 0 Å². The summed E-state index contributed by atoms with van der Waals surface area (Å²) in [6, 6.07) is -0.561. The van der Waals surface area contributed by atoms with Crippen molar-refractivity contribution in [3.05, 3.63) is 0 Å². The van der Waals surface area contributed by atoms with Gasteiger partial charge in [-0.1, -0.05) is 12.8 Å². The standard InChI is InChI=1S/C15H24N2O5S/c18-14(19)5-6-16-7-8-17(15(20)11-3-1-2-4-11)13-10-23(21,22)9-12(13)16/h11-13H,1-10H2,(H,18,19)/t12-,13+/m0/s1. The molecule has 2 atom stereocenters. The van der Waals surface area contributed by atoms with Gasteiger partial charge in [0.15, 0.2) is 9.84 Å². The third-order valence-electron chi connectivity index (χ3n) is 5.39. The molecule has 23 heavy (non-hydrogen) atoms. The van der Waals surface area contributed by atoms with Crippen LogP contribution in [0, 0.1) is 5.92 Å². The number of aliphatic carboxylic acids is 1. The van der Waals surface area contributed by atoms with E-state index in [9.17, 15) is 18.0 Å². The van der Waals surface area contributed by atoms with Gasteiger partial charge in [-0.25, -0.2) is 8.42 Å². The molecule has 1 amide bonds. The normalized spacial score (nSPS) is 31.2. The number of carboxylic acid groups (broad SMARTS) is 1. The molecule has 0 unspecified atom stereocenters. The summed E-state index contributed by atoms with van der Waals surface area (Å²) in [4.78, 5) is 27.3. The van der Waals surface area contributed by atoms with Crippen molar-refractivity contribution in [2.24, 2.45) is 5.92 Å². The zero-order chi connectivity index (χ0) is 16.6. The van der Waals surface area contributed by atoms with Gasteiger partial charge in [0.1, 0.15) is 0 Å². The second-order valence-corrected chi connectivity index (χ2v) is 9.06. The summed E-state index contributed by atoms with van der Waals surface area (Å²) in [5.41, 5.74) is 0. The molecule has 3 aliphatic rings. The first-order valence-electron chi connectivity index (χ1n) is 8.34. The van der Waals surface area contributed by atoms with Crippen LogP contribution in [0.3, 0.4) is 0 Å². The highest BCUT2D eigenvalue weighted by Gasteiger charge is 2.48. The zero-order valence-corrected chi connectivity index (χ0v) is 14.0. The maximum atomic E-state index is 12.7. The Kier molecular flexibility index (Phi) is 4.64. The van der Waals surface area contributed by atoms with Crippen molar-refractivity contribution in [2.75, 3.05) is 31.1 Å². The first-order valence-corrected chi connectivity index (χ1v) is 10.2. The summed E-state index contributed by atoms with van der Waals surface area (Å²) >= 11 is 0. The molecule has 1 saturated carbocycles. The average Bonchev–Trinajstić information content (AvgIpc) is 3.09. The number of rotatable bonds is 4. The molecule has 3 rings (SSSR count). The highest BCUT2D eigenvalue weighted by atomic mass is 32.2. The number of nitrogens with zero attached hydrogens (tertiary/aromatic N) is 2. The van der Waals surface area contributed by atoms with E-state index >= 15 is 0 Å². The third kappa shape index (κ3) is 3.52. The quantitative estimate of drug-likeness (QED) is 0.769. The Morgan fingerprint density at radius 1 is 1.04 bits per heavy atom. The molecule has 2 heterocycles. The summed E-state index contributed by atoms with van der Waals surface area (Å²) in [7, 11) is -3.17. The number of sulfone groups is 1. The molecule has 0 radical (unpaired) electrons. The fourth-order valence-corrected chi connectivity index (χ4v) is 6.23. The van der Waals surface area contributed by atoms with E-state index < -0.39 is 15.8 Å². The fourth-order valence-electron chi connectivity index (χ4n) is 4.22. The molecule has 0 bridgehead atoms. The Morgan fingerprint density at radius 2 is 1.70 bits per heavy atom. The van der Waals surface area contributed by atoms with E-state index in [1.807, 2.05) is 4.90 Å². The second kappa shape index (κ2) is 6.39. The fraction of sp³-hybridized carbons (Fsp3) is 0.867. The van der Waals surface area contributed by atoms with Gasteiger partial charge in [0.25, 0.3) is 0 Å². The molecule has 0 aromatic heterocycles. The van der Waals surface area contributed by atoms with Crippen molar-refractivity contribution in [1.29, 1.82) is 0 Å². The number of hydrogen-bond acceptors (Lipinski definition) is 5. The van der Waals surface area contributed by atoms with Crippen molar-refractivity contribution in [1.82, 2.24) is 9.80 Å². The van der Waals surface area contributed by atoms with Crippen LogP contribution in [0.2, 0.25) is 0 Å². The first-order chi connectivity index (χ1) is 10.9. The summed E-state index contributed by atoms with van der Waals surface area (Å²) in [5, 5.41) is 8.86. The van der Waals surface area contributed by atoms with E-state index in [1.54, 1.807) is 4.90 Å². The zero-order valence-electron chi connectivity index (χ0n) is 13.2. The van der Waals surface area contributed by atoms with Crippen LogP contribution in [0.25, 0.3) is 0 Å². The van der Waals surface area contributed by atoms with Crippen molar-refractivity contribution in [3.8, 4) is 0 Å². The lowest BCUT2D eigenvalue weighted by molar-refractivity contribution is -0.143. The lowest BCUT2D eigenvalue weighted by atomic mass is 10.00. The number of carboxylic acids is 1. The smallest absolute Gasteiger partial charge is 0.304 e. The van der Waals surface area contributed by atoms with E-state index in [0.29, 0.717) is 19.6 Å². The minimum Gasteiger partial charge on any atom is -0.481 e. The number of fused-ring (bicyclic) bond motifs is 1. The summed E-state index contributed by atoms with van der Waals surface area (Å²) in [6.07, 6.45) is 3.95. The van der Waals surface area contributed by atoms with Crippen LogP contribution in [0.4, 0.5) is 0 Å². The van der Waals surface area contributed by atoms with Crippen LogP contribution in [0.1, 0.15) is 32.1 Å². The lowest BCUT2D eigenvalue weighted by Gasteiger charge is -2.44. The molecule has 0 aromatic carbocycles. The maximum Gasteiger partial charge on any atom is 0.304 e. The third-order valence-corrected chi connectivity index (χ3v) is 7.09. The summed E-state index contributed by atoms with van der Waals surface area (Å²) in [6.45, 7) is 1.41. The van der Waals surface area contributed by atoms with E-state index in [0.717, 1.165) is 25.7 Å². The Hall–Kier alpha value is -1.15. The number of hydrogen-bond donors (Lipinski definition) is 1. The monoisotopic (exact) mass is 344 g/mol. The van der Waals surface area contributed by atoms with Crippen LogP contribution in [-0.4, -0.2) is 78.4 Å². The van der Waals surface area contributed by atoms with Gasteiger partial charge in [-0.05, 0) is 12.8 Å². The van der Waals surface area contributed by atoms with Crippen LogP contribution >= 0.6 is 0 Å². The molecule has 2 saturated heterocycles. The molecule has 1 N–H and O–H groups in total. The van der Waals surface area contributed by atoms with Crippen molar-refractivity contribution in [3.63, 3.8) is 0 Å². The number of amides is 1. The van der Waals surface area contributed by atoms with E-state index in [2.05, 4.69) is 0 Å². The van der Waals surface area contributed by atoms with E-state index in [1.165, 1.54) is 0 Å². The highest BCUT2D eigenvalue weighted by molar-refractivity contribution is 7.91. The largest absolute Gasteiger partial charge is 0.481 e. The van der Waals surface area contributed by atoms with Gasteiger partial charge in [-0.3, -0.25) is 14.5 Å². The molecule has 0 aromatic rings. The van der Waals surface area contributed by atoms with Crippen LogP contribution in [0.15, 0.2) is 0 Å². The predicted molar refractivity (Wildman–Crippen MR) is 83.7 cm³/mol. The minimum absolute atomic E-state index is 0.000160. The molecule has 3 fully saturated rings. The summed E-state index contributed by atoms with van der Waals surface area (Å²) in [5.74, 6) is -0.685. The topological polar surface area (TPSA) is 95.0 Å². The van der Waals surface area contributed by atoms with Crippen molar-refractivity contribution >= 4 is 21.7 Å². The van der Waals surface area contributed by atoms with Gasteiger partial charge >= 0.3 is 5.97 Å². The highest BCUT2D eigenvalue weighted by Crippen LogP contribution is 2.32. The van der Waals surface area contributed by atoms with Gasteiger partial charge in [0.2, 0.25) is 5.91 Å². The molecule has 0 spiro atoms. The van der Waals surface area contributed by atoms with Gasteiger partial charge < -0.3 is 10.0 Å². The lowest BCUT2D eigenvalue weighted by Crippen LogP contribution is -2.61. The maximum absolute atomic E-state index is 12.7. The van der Waals surface area contributed by atoms with Gasteiger partial charge in [0, 0.05) is 31.6 Å². The Morgan fingerprint density at radius 3 is 2.35 bits per heavy atom. The Balaban J connectivity index is 1.75. The molecular weight excluding hydrogens is 320 g/mol. The van der Waals surface area contributed by atoms with E-state index in [-0.39, 0.29) is 41.8 Å². The van der Waals surface area contributed by atoms with Crippen molar-refractivity contribution < 1.29 is 23.1 Å². The minimum atomic E-state index is -3.17. The Labute approximate surface area is 136 Å². The number of piperazine rings is 1. The van der Waals surface area contributed by atoms with Crippen LogP contribution in [0.5, 0.6) is 0 Å². The summed E-state index contributed by atoms with van der Waals surface area (Å²) < 4.78 is 24.2. The molecular formula is C15H24N2O5S. The number of carbonyl (C=O) groups excluding carboxylic acids is 1. The molecule has 1 aliphatic carbocycles. The van der Waals surface area contributed by atoms with E-state index in [4.69, 9.17) is 5.11 Å². The molecule has 130 valence electrons. The van der Waals surface area contributed by atoms with Crippen molar-refractivity contribution in [2.45, 2.75) is 44.2 Å². The SMILES string of the molecule is O=C(O)CCN1CCN(C(=O)C2CCCC2)[C@@H]2CS(=O)(=O)C[C@@H]21. The molecule has 2 aliphatic heterocycles. The molecule has 8 heteroatoms. The number of carbonyl (C=O) groups is 2. The Bertz CT molecular complexity index is 585. The molecule has 7 nitrogen and oxygen atoms in total. The average molecular weight is 344 g/mol. The van der Waals surface area contributed by atoms with Crippen LogP contribution < -0.4 is 0 Å². The van der Waals surface area contributed by atoms with Gasteiger partial charge in [0.05, 0.1) is 24.0 Å².